The molecule has 1 aliphatic rings. The summed E-state index contributed by atoms with van der Waals surface area (Å²) in [5, 5.41) is 5.67. The number of carbonyl (C=O) groups is 5. The maximum absolute atomic E-state index is 14.1. The van der Waals surface area contributed by atoms with E-state index in [4.69, 9.17) is 18.6 Å². The topological polar surface area (TPSA) is 150 Å². The van der Waals surface area contributed by atoms with Gasteiger partial charge < -0.3 is 34.2 Å². The number of likely N-dealkylation sites (tertiary alicyclic amines) is 1. The Morgan fingerprint density at radius 1 is 0.927 bits per heavy atom. The van der Waals surface area contributed by atoms with E-state index < -0.39 is 74.1 Å². The molecule has 3 amide bonds. The Labute approximate surface area is 331 Å². The van der Waals surface area contributed by atoms with Crippen molar-refractivity contribution in [2.45, 2.75) is 176 Å². The van der Waals surface area contributed by atoms with Gasteiger partial charge >= 0.3 is 18.0 Å². The number of amides is 3. The summed E-state index contributed by atoms with van der Waals surface area (Å²) in [4.78, 5) is 69.7. The Balaban J connectivity index is 2.31. The molecule has 0 spiro atoms. The minimum atomic E-state index is -2.49. The van der Waals surface area contributed by atoms with Gasteiger partial charge in [-0.1, -0.05) is 99.1 Å². The zero-order valence-electron chi connectivity index (χ0n) is 36.1. The van der Waals surface area contributed by atoms with Gasteiger partial charge in [0.25, 0.3) is 5.91 Å². The molecule has 55 heavy (non-hydrogen) atoms. The largest absolute Gasteiger partial charge is 0.459 e. The number of hydrogen-bond acceptors (Lipinski definition) is 9. The van der Waals surface area contributed by atoms with Crippen molar-refractivity contribution in [2.24, 2.45) is 17.8 Å². The molecular weight excluding hydrogens is 719 g/mol. The van der Waals surface area contributed by atoms with Gasteiger partial charge in [-0.3, -0.25) is 14.4 Å². The second-order valence-electron chi connectivity index (χ2n) is 18.3. The summed E-state index contributed by atoms with van der Waals surface area (Å²) in [7, 11) is -2.49. The molecule has 0 saturated carbocycles. The van der Waals surface area contributed by atoms with Crippen molar-refractivity contribution in [1.82, 2.24) is 15.5 Å². The lowest BCUT2D eigenvalue weighted by atomic mass is 9.92. The highest BCUT2D eigenvalue weighted by molar-refractivity contribution is 6.74. The number of hydrogen-bond donors (Lipinski definition) is 2. The Morgan fingerprint density at radius 3 is 2.07 bits per heavy atom. The first kappa shape index (κ1) is 47.7. The smallest absolute Gasteiger partial charge is 0.407 e. The van der Waals surface area contributed by atoms with Crippen molar-refractivity contribution < 1.29 is 42.6 Å². The van der Waals surface area contributed by atoms with Gasteiger partial charge in [0.15, 0.2) is 14.4 Å². The van der Waals surface area contributed by atoms with E-state index in [0.717, 1.165) is 5.56 Å². The van der Waals surface area contributed by atoms with Crippen LogP contribution >= 0.6 is 0 Å². The molecule has 1 aliphatic heterocycles. The zero-order valence-corrected chi connectivity index (χ0v) is 37.1. The molecule has 1 saturated heterocycles. The maximum Gasteiger partial charge on any atom is 0.407 e. The SMILES string of the molecule is CC[C@H](C)[C@@H](NC(=O)OC(C)(C)C)[C@H](CC(=O)O[C@H](C(=O)N[C@@H](CC(C)C)C(=O)N1CCC[C@H]1C(=O)OCc1ccccc1)C(C)C)O[Si](C)(C)C(C)(C)C. The third-order valence-corrected chi connectivity index (χ3v) is 14.9. The number of carbonyl (C=O) groups excluding carboxylic acids is 5. The lowest BCUT2D eigenvalue weighted by Crippen LogP contribution is -2.56. The van der Waals surface area contributed by atoms with Gasteiger partial charge in [-0.2, -0.15) is 0 Å². The lowest BCUT2D eigenvalue weighted by Gasteiger charge is -2.42. The molecule has 0 bridgehead atoms. The van der Waals surface area contributed by atoms with Crippen LogP contribution in [0.4, 0.5) is 4.79 Å². The lowest BCUT2D eigenvalue weighted by molar-refractivity contribution is -0.162. The van der Waals surface area contributed by atoms with Gasteiger partial charge in [0, 0.05) is 6.54 Å². The predicted molar refractivity (Wildman–Crippen MR) is 216 cm³/mol. The first-order valence-electron chi connectivity index (χ1n) is 20.0. The molecular formula is C42H71N3O9Si. The van der Waals surface area contributed by atoms with E-state index >= 15 is 0 Å². The summed E-state index contributed by atoms with van der Waals surface area (Å²) in [6, 6.07) is 7.05. The van der Waals surface area contributed by atoms with E-state index in [1.54, 1.807) is 34.6 Å². The number of nitrogens with zero attached hydrogens (tertiary/aromatic N) is 1. The fourth-order valence-corrected chi connectivity index (χ4v) is 7.53. The average Bonchev–Trinajstić information content (AvgIpc) is 3.56. The van der Waals surface area contributed by atoms with Crippen molar-refractivity contribution in [1.29, 1.82) is 0 Å². The quantitative estimate of drug-likeness (QED) is 0.0874. The van der Waals surface area contributed by atoms with Crippen LogP contribution in [-0.2, 0) is 44.4 Å². The molecule has 0 aromatic heterocycles. The van der Waals surface area contributed by atoms with Crippen molar-refractivity contribution in [3.05, 3.63) is 35.9 Å². The Kier molecular flexibility index (Phi) is 17.9. The standard InChI is InChI=1S/C42H71N3O9Si/c1-15-29(6)35(44-40(50)53-41(7,8)9)33(54-55(13,14)42(10,11)12)25-34(46)52-36(28(4)5)37(47)43-31(24-27(2)3)38(48)45-23-19-22-32(45)39(49)51-26-30-20-17-16-18-21-30/h16-18,20-21,27-29,31-33,35-36H,15,19,22-26H2,1-14H3,(H,43,47)(H,44,50)/t29-,31-,32-,33-,35+,36-/m0/s1. The van der Waals surface area contributed by atoms with Crippen LogP contribution < -0.4 is 10.6 Å². The highest BCUT2D eigenvalue weighted by atomic mass is 28.4. The normalized spacial score (nSPS) is 17.9. The molecule has 1 fully saturated rings. The van der Waals surface area contributed by atoms with Crippen LogP contribution in [0.3, 0.4) is 0 Å². The van der Waals surface area contributed by atoms with Crippen LogP contribution in [0.1, 0.15) is 121 Å². The molecule has 1 aromatic carbocycles. The number of alkyl carbamates (subject to hydrolysis) is 1. The summed E-state index contributed by atoms with van der Waals surface area (Å²) in [5.74, 6) is -2.61. The maximum atomic E-state index is 14.1. The zero-order chi connectivity index (χ0) is 41.9. The van der Waals surface area contributed by atoms with Gasteiger partial charge in [-0.25, -0.2) is 9.59 Å². The monoisotopic (exact) mass is 789 g/mol. The number of nitrogens with one attached hydrogen (secondary N) is 2. The number of ether oxygens (including phenoxy) is 3. The van der Waals surface area contributed by atoms with Crippen molar-refractivity contribution in [3.8, 4) is 0 Å². The molecule has 6 atom stereocenters. The second-order valence-corrected chi connectivity index (χ2v) is 23.1. The van der Waals surface area contributed by atoms with Crippen molar-refractivity contribution in [3.63, 3.8) is 0 Å². The van der Waals surface area contributed by atoms with Crippen LogP contribution in [-0.4, -0.2) is 85.5 Å². The summed E-state index contributed by atoms with van der Waals surface area (Å²) < 4.78 is 24.0. The predicted octanol–water partition coefficient (Wildman–Crippen LogP) is 7.54. The second kappa shape index (κ2) is 20.6. The van der Waals surface area contributed by atoms with Crippen LogP contribution in [0, 0.1) is 17.8 Å². The van der Waals surface area contributed by atoms with Crippen molar-refractivity contribution >= 4 is 38.2 Å². The fourth-order valence-electron chi connectivity index (χ4n) is 6.19. The molecule has 12 nitrogen and oxygen atoms in total. The molecule has 13 heteroatoms. The van der Waals surface area contributed by atoms with E-state index in [0.29, 0.717) is 32.2 Å². The van der Waals surface area contributed by atoms with E-state index in [1.165, 1.54) is 4.90 Å². The Hall–Kier alpha value is -3.45. The number of esters is 2. The minimum absolute atomic E-state index is 0.0311. The number of rotatable bonds is 18. The van der Waals surface area contributed by atoms with Gasteiger partial charge in [-0.15, -0.1) is 0 Å². The van der Waals surface area contributed by atoms with Crippen LogP contribution in [0.15, 0.2) is 30.3 Å². The highest BCUT2D eigenvalue weighted by Gasteiger charge is 2.44. The number of benzene rings is 1. The third kappa shape index (κ3) is 15.2. The van der Waals surface area contributed by atoms with Gasteiger partial charge in [0.05, 0.1) is 18.6 Å². The first-order valence-corrected chi connectivity index (χ1v) is 23.0. The molecule has 312 valence electrons. The van der Waals surface area contributed by atoms with Crippen molar-refractivity contribution in [2.75, 3.05) is 6.54 Å². The summed E-state index contributed by atoms with van der Waals surface area (Å²) >= 11 is 0. The van der Waals surface area contributed by atoms with Gasteiger partial charge in [0.2, 0.25) is 5.91 Å². The summed E-state index contributed by atoms with van der Waals surface area (Å²) in [5.41, 5.74) is 0.117. The Bertz CT molecular complexity index is 1420. The van der Waals surface area contributed by atoms with E-state index in [9.17, 15) is 24.0 Å². The van der Waals surface area contributed by atoms with Crippen LogP contribution in [0.2, 0.25) is 18.1 Å². The van der Waals surface area contributed by atoms with Crippen LogP contribution in [0.25, 0.3) is 0 Å². The average molecular weight is 790 g/mol. The molecule has 1 heterocycles. The van der Waals surface area contributed by atoms with E-state index in [2.05, 4.69) is 44.5 Å². The molecule has 0 aliphatic carbocycles. The molecule has 2 rings (SSSR count). The summed E-state index contributed by atoms with van der Waals surface area (Å²) in [6.07, 6.45) is -0.705. The van der Waals surface area contributed by atoms with Gasteiger partial charge in [-0.05, 0) is 81.5 Å². The summed E-state index contributed by atoms with van der Waals surface area (Å²) in [6.45, 7) is 27.7. The van der Waals surface area contributed by atoms with Gasteiger partial charge in [0.1, 0.15) is 24.3 Å². The Morgan fingerprint density at radius 2 is 1.55 bits per heavy atom. The highest BCUT2D eigenvalue weighted by Crippen LogP contribution is 2.39. The van der Waals surface area contributed by atoms with E-state index in [1.807, 2.05) is 58.0 Å². The molecule has 1 aromatic rings. The third-order valence-electron chi connectivity index (χ3n) is 10.4. The molecule has 2 N–H and O–H groups in total. The molecule has 0 radical (unpaired) electrons. The van der Waals surface area contributed by atoms with E-state index in [-0.39, 0.29) is 35.8 Å². The first-order chi connectivity index (χ1) is 25.4. The molecule has 0 unspecified atom stereocenters. The van der Waals surface area contributed by atoms with Crippen LogP contribution in [0.5, 0.6) is 0 Å². The minimum Gasteiger partial charge on any atom is -0.459 e. The fraction of sp³-hybridized carbons (Fsp3) is 0.738.